The van der Waals surface area contributed by atoms with Gasteiger partial charge in [-0.25, -0.2) is 9.89 Å². The Labute approximate surface area is 116 Å². The summed E-state index contributed by atoms with van der Waals surface area (Å²) in [5.74, 6) is 0. The predicted molar refractivity (Wildman–Crippen MR) is 77.4 cm³/mol. The number of benzene rings is 1. The third-order valence-corrected chi connectivity index (χ3v) is 4.19. The first-order valence-electron chi connectivity index (χ1n) is 6.24. The highest BCUT2D eigenvalue weighted by molar-refractivity contribution is 7.99. The average Bonchev–Trinajstić information content (AvgIpc) is 2.76. The van der Waals surface area contributed by atoms with Crippen LogP contribution in [0.1, 0.15) is 23.3 Å². The van der Waals surface area contributed by atoms with Crippen molar-refractivity contribution in [3.63, 3.8) is 0 Å². The minimum atomic E-state index is -0.176. The number of hydrogen-bond donors (Lipinski definition) is 2. The van der Waals surface area contributed by atoms with E-state index in [0.29, 0.717) is 18.2 Å². The van der Waals surface area contributed by atoms with Crippen molar-refractivity contribution in [3.05, 3.63) is 45.9 Å². The Balaban J connectivity index is 2.26. The van der Waals surface area contributed by atoms with E-state index in [4.69, 9.17) is 5.73 Å². The van der Waals surface area contributed by atoms with Gasteiger partial charge in [-0.3, -0.25) is 4.57 Å². The summed E-state index contributed by atoms with van der Waals surface area (Å²) in [5.41, 5.74) is 8.04. The Morgan fingerprint density at radius 2 is 2.32 bits per heavy atom. The quantitative estimate of drug-likeness (QED) is 0.816. The maximum absolute atomic E-state index is 11.5. The molecule has 3 N–H and O–H groups in total. The Morgan fingerprint density at radius 1 is 1.53 bits per heavy atom. The summed E-state index contributed by atoms with van der Waals surface area (Å²) in [7, 11) is 0. The molecule has 1 atom stereocenters. The fourth-order valence-electron chi connectivity index (χ4n) is 1.92. The van der Waals surface area contributed by atoms with E-state index >= 15 is 0 Å². The Morgan fingerprint density at radius 3 is 2.95 bits per heavy atom. The highest BCUT2D eigenvalue weighted by Crippen LogP contribution is 2.32. The fraction of sp³-hybridized carbons (Fsp3) is 0.385. The molecule has 1 aromatic carbocycles. The molecular weight excluding hydrogens is 260 g/mol. The maximum Gasteiger partial charge on any atom is 0.343 e. The summed E-state index contributed by atoms with van der Waals surface area (Å²) in [6.07, 6.45) is 0. The van der Waals surface area contributed by atoms with Crippen LogP contribution >= 0.6 is 11.8 Å². The van der Waals surface area contributed by atoms with Crippen molar-refractivity contribution in [1.82, 2.24) is 14.8 Å². The molecule has 2 rings (SSSR count). The molecular formula is C13H18N4OS. The van der Waals surface area contributed by atoms with Crippen LogP contribution in [-0.4, -0.2) is 21.3 Å². The molecule has 1 aromatic heterocycles. The van der Waals surface area contributed by atoms with Gasteiger partial charge in [0.1, 0.15) is 0 Å². The van der Waals surface area contributed by atoms with Crippen molar-refractivity contribution in [2.45, 2.75) is 30.8 Å². The number of nitrogens with two attached hydrogens (primary N) is 1. The number of aromatic amines is 1. The van der Waals surface area contributed by atoms with Gasteiger partial charge in [0.15, 0.2) is 5.16 Å². The number of nitrogens with one attached hydrogen (secondary N) is 1. The summed E-state index contributed by atoms with van der Waals surface area (Å²) in [6.45, 7) is 5.07. The molecule has 0 saturated heterocycles. The predicted octanol–water partition coefficient (Wildman–Crippen LogP) is 1.69. The van der Waals surface area contributed by atoms with E-state index in [1.54, 1.807) is 4.57 Å². The van der Waals surface area contributed by atoms with Gasteiger partial charge >= 0.3 is 5.69 Å². The normalized spacial score (nSPS) is 12.6. The van der Waals surface area contributed by atoms with E-state index in [-0.39, 0.29) is 10.9 Å². The second-order valence-corrected chi connectivity index (χ2v) is 5.48. The number of nitrogens with zero attached hydrogens (tertiary/aromatic N) is 2. The van der Waals surface area contributed by atoms with Crippen molar-refractivity contribution in [1.29, 1.82) is 0 Å². The van der Waals surface area contributed by atoms with Crippen LogP contribution in [0.5, 0.6) is 0 Å². The van der Waals surface area contributed by atoms with Crippen molar-refractivity contribution in [2.75, 3.05) is 6.54 Å². The van der Waals surface area contributed by atoms with Crippen LogP contribution in [0.25, 0.3) is 0 Å². The van der Waals surface area contributed by atoms with Crippen LogP contribution in [0.3, 0.4) is 0 Å². The average molecular weight is 278 g/mol. The van der Waals surface area contributed by atoms with Gasteiger partial charge in [0, 0.05) is 18.3 Å². The lowest BCUT2D eigenvalue weighted by molar-refractivity contribution is 0.658. The third kappa shape index (κ3) is 3.08. The number of hydrogen-bond acceptors (Lipinski definition) is 4. The van der Waals surface area contributed by atoms with Gasteiger partial charge in [-0.15, -0.1) is 5.10 Å². The zero-order valence-electron chi connectivity index (χ0n) is 11.1. The van der Waals surface area contributed by atoms with Crippen molar-refractivity contribution in [3.8, 4) is 0 Å². The smallest absolute Gasteiger partial charge is 0.329 e. The molecule has 0 amide bonds. The topological polar surface area (TPSA) is 76.7 Å². The Kier molecular flexibility index (Phi) is 4.44. The molecule has 6 heteroatoms. The second-order valence-electron chi connectivity index (χ2n) is 4.31. The number of thioether (sulfide) groups is 1. The van der Waals surface area contributed by atoms with Crippen LogP contribution < -0.4 is 11.4 Å². The van der Waals surface area contributed by atoms with E-state index in [1.807, 2.05) is 13.0 Å². The first kappa shape index (κ1) is 13.9. The van der Waals surface area contributed by atoms with Gasteiger partial charge < -0.3 is 5.73 Å². The van der Waals surface area contributed by atoms with Crippen LogP contribution in [0.2, 0.25) is 0 Å². The van der Waals surface area contributed by atoms with Crippen LogP contribution in [0.15, 0.2) is 34.2 Å². The summed E-state index contributed by atoms with van der Waals surface area (Å²) >= 11 is 1.52. The van der Waals surface area contributed by atoms with Gasteiger partial charge in [0.05, 0.1) is 0 Å². The number of aromatic nitrogens is 3. The monoisotopic (exact) mass is 278 g/mol. The molecule has 1 unspecified atom stereocenters. The SMILES string of the molecule is CCn1c(SC(CN)c2cccc(C)c2)n[nH]c1=O. The standard InChI is InChI=1S/C13H18N4OS/c1-3-17-12(18)15-16-13(17)19-11(8-14)10-6-4-5-9(2)7-10/h4-7,11H,3,8,14H2,1-2H3,(H,15,18). The van der Waals surface area contributed by atoms with E-state index in [9.17, 15) is 4.79 Å². The minimum Gasteiger partial charge on any atom is -0.329 e. The van der Waals surface area contributed by atoms with Crippen LogP contribution in [0, 0.1) is 6.92 Å². The number of H-pyrrole nitrogens is 1. The second kappa shape index (κ2) is 6.08. The molecule has 102 valence electrons. The molecule has 0 fully saturated rings. The lowest BCUT2D eigenvalue weighted by Crippen LogP contribution is -2.17. The van der Waals surface area contributed by atoms with Gasteiger partial charge in [0.2, 0.25) is 0 Å². The molecule has 0 aliphatic rings. The third-order valence-electron chi connectivity index (χ3n) is 2.92. The van der Waals surface area contributed by atoms with E-state index in [1.165, 1.54) is 17.3 Å². The zero-order chi connectivity index (χ0) is 13.8. The molecule has 0 bridgehead atoms. The van der Waals surface area contributed by atoms with E-state index in [0.717, 1.165) is 5.56 Å². The number of rotatable bonds is 5. The molecule has 0 spiro atoms. The highest BCUT2D eigenvalue weighted by Gasteiger charge is 2.16. The van der Waals surface area contributed by atoms with Crippen molar-refractivity contribution < 1.29 is 0 Å². The summed E-state index contributed by atoms with van der Waals surface area (Å²) in [5, 5.41) is 7.31. The van der Waals surface area contributed by atoms with Crippen molar-refractivity contribution >= 4 is 11.8 Å². The molecule has 0 saturated carbocycles. The lowest BCUT2D eigenvalue weighted by atomic mass is 10.1. The first-order chi connectivity index (χ1) is 9.15. The van der Waals surface area contributed by atoms with Gasteiger partial charge in [-0.1, -0.05) is 41.6 Å². The highest BCUT2D eigenvalue weighted by atomic mass is 32.2. The van der Waals surface area contributed by atoms with E-state index in [2.05, 4.69) is 35.3 Å². The largest absolute Gasteiger partial charge is 0.343 e. The van der Waals surface area contributed by atoms with Crippen LogP contribution in [-0.2, 0) is 6.54 Å². The Hall–Kier alpha value is -1.53. The molecule has 0 aliphatic carbocycles. The molecule has 0 radical (unpaired) electrons. The first-order valence-corrected chi connectivity index (χ1v) is 7.12. The molecule has 19 heavy (non-hydrogen) atoms. The maximum atomic E-state index is 11.5. The molecule has 0 aliphatic heterocycles. The summed E-state index contributed by atoms with van der Waals surface area (Å²) < 4.78 is 1.61. The lowest BCUT2D eigenvalue weighted by Gasteiger charge is -2.14. The van der Waals surface area contributed by atoms with Crippen molar-refractivity contribution in [2.24, 2.45) is 5.73 Å². The van der Waals surface area contributed by atoms with Gasteiger partial charge in [0.25, 0.3) is 0 Å². The fourth-order valence-corrected chi connectivity index (χ4v) is 2.99. The molecule has 2 aromatic rings. The summed E-state index contributed by atoms with van der Waals surface area (Å²) in [4.78, 5) is 11.5. The minimum absolute atomic E-state index is 0.0976. The number of aryl methyl sites for hydroxylation is 1. The molecule has 5 nitrogen and oxygen atoms in total. The summed E-state index contributed by atoms with van der Waals surface area (Å²) in [6, 6.07) is 8.24. The van der Waals surface area contributed by atoms with E-state index < -0.39 is 0 Å². The Bertz CT molecular complexity index is 605. The molecule has 1 heterocycles. The van der Waals surface area contributed by atoms with Gasteiger partial charge in [-0.2, -0.15) is 0 Å². The zero-order valence-corrected chi connectivity index (χ0v) is 11.9. The van der Waals surface area contributed by atoms with Crippen LogP contribution in [0.4, 0.5) is 0 Å². The van der Waals surface area contributed by atoms with Gasteiger partial charge in [-0.05, 0) is 19.4 Å².